The molecule has 0 atom stereocenters. The van der Waals surface area contributed by atoms with Gasteiger partial charge in [-0.15, -0.1) is 0 Å². The van der Waals surface area contributed by atoms with Crippen molar-refractivity contribution in [3.05, 3.63) is 6.20 Å². The molecule has 1 heterocycles. The fourth-order valence-electron chi connectivity index (χ4n) is 0.965. The molecular weight excluding hydrogens is 158 g/mol. The van der Waals surface area contributed by atoms with Gasteiger partial charge in [-0.1, -0.05) is 0 Å². The first kappa shape index (κ1) is 7.27. The molecule has 5 heteroatoms. The van der Waals surface area contributed by atoms with Crippen LogP contribution in [0, 0.1) is 0 Å². The van der Waals surface area contributed by atoms with Crippen LogP contribution in [0.15, 0.2) is 15.7 Å². The van der Waals surface area contributed by atoms with Crippen LogP contribution in [0.2, 0.25) is 0 Å². The van der Waals surface area contributed by atoms with Crippen LogP contribution < -0.4 is 9.79 Å². The van der Waals surface area contributed by atoms with Gasteiger partial charge in [-0.05, 0) is 17.5 Å². The standard InChI is InChI=1S/C7H9N3O2/c1-5(11)8-7-4-10(9-12-7)6-2-3-6/h4,6H,2-3H2,1H3. The number of hydrogen-bond acceptors (Lipinski definition) is 4. The fourth-order valence-corrected chi connectivity index (χ4v) is 0.965. The van der Waals surface area contributed by atoms with Gasteiger partial charge < -0.3 is 5.11 Å². The molecule has 0 bridgehead atoms. The Morgan fingerprint density at radius 1 is 1.83 bits per heavy atom. The van der Waals surface area contributed by atoms with E-state index in [1.165, 1.54) is 6.92 Å². The lowest BCUT2D eigenvalue weighted by Crippen LogP contribution is -2.32. The molecule has 0 saturated heterocycles. The number of nitrogens with zero attached hydrogens (tertiary/aromatic N) is 3. The van der Waals surface area contributed by atoms with Crippen molar-refractivity contribution in [2.24, 2.45) is 4.99 Å². The van der Waals surface area contributed by atoms with Gasteiger partial charge in [0, 0.05) is 12.8 Å². The molecule has 0 N–H and O–H groups in total. The van der Waals surface area contributed by atoms with Crippen LogP contribution in [0.1, 0.15) is 25.8 Å². The van der Waals surface area contributed by atoms with Gasteiger partial charge in [0.25, 0.3) is 6.20 Å². The van der Waals surface area contributed by atoms with E-state index in [1.54, 1.807) is 10.9 Å². The van der Waals surface area contributed by atoms with Crippen LogP contribution >= 0.6 is 0 Å². The second kappa shape index (κ2) is 2.58. The molecule has 0 aromatic carbocycles. The predicted molar refractivity (Wildman–Crippen MR) is 37.7 cm³/mol. The van der Waals surface area contributed by atoms with Gasteiger partial charge in [-0.25, -0.2) is 4.99 Å². The Morgan fingerprint density at radius 3 is 3.17 bits per heavy atom. The largest absolute Gasteiger partial charge is 0.862 e. The first-order chi connectivity index (χ1) is 5.75. The summed E-state index contributed by atoms with van der Waals surface area (Å²) in [7, 11) is 0. The Labute approximate surface area is 69.3 Å². The molecule has 1 saturated carbocycles. The van der Waals surface area contributed by atoms with Crippen molar-refractivity contribution in [3.8, 4) is 0 Å². The van der Waals surface area contributed by atoms with Gasteiger partial charge in [0.15, 0.2) is 6.04 Å². The lowest BCUT2D eigenvalue weighted by Gasteiger charge is -1.95. The quantitative estimate of drug-likeness (QED) is 0.345. The summed E-state index contributed by atoms with van der Waals surface area (Å²) >= 11 is 0. The minimum atomic E-state index is -0.269. The highest BCUT2D eigenvalue weighted by Gasteiger charge is 2.35. The van der Waals surface area contributed by atoms with Crippen molar-refractivity contribution in [1.29, 1.82) is 0 Å². The zero-order valence-electron chi connectivity index (χ0n) is 6.73. The molecule has 0 amide bonds. The molecule has 0 radical (unpaired) electrons. The maximum atomic E-state index is 10.5. The summed E-state index contributed by atoms with van der Waals surface area (Å²) in [5.74, 6) is 0.0171. The molecule has 5 nitrogen and oxygen atoms in total. The Hall–Kier alpha value is -1.39. The second-order valence-corrected chi connectivity index (χ2v) is 2.88. The van der Waals surface area contributed by atoms with E-state index in [1.807, 2.05) is 0 Å². The minimum Gasteiger partial charge on any atom is -0.862 e. The summed E-state index contributed by atoms with van der Waals surface area (Å²) in [4.78, 5) is 3.60. The molecule has 64 valence electrons. The summed E-state index contributed by atoms with van der Waals surface area (Å²) in [6.45, 7) is 1.38. The van der Waals surface area contributed by atoms with E-state index < -0.39 is 0 Å². The Kier molecular flexibility index (Phi) is 1.56. The van der Waals surface area contributed by atoms with E-state index in [2.05, 4.69) is 10.3 Å². The summed E-state index contributed by atoms with van der Waals surface area (Å²) in [5, 5.41) is 14.3. The third-order valence-electron chi connectivity index (χ3n) is 1.66. The molecule has 0 spiro atoms. The average Bonchev–Trinajstić information content (AvgIpc) is 2.73. The molecule has 0 unspecified atom stereocenters. The lowest BCUT2D eigenvalue weighted by atomic mass is 10.7. The van der Waals surface area contributed by atoms with Crippen molar-refractivity contribution in [3.63, 3.8) is 0 Å². The number of aliphatic imine (C=N–C) groups is 1. The van der Waals surface area contributed by atoms with E-state index in [4.69, 9.17) is 4.52 Å². The summed E-state index contributed by atoms with van der Waals surface area (Å²) in [5.41, 5.74) is 0. The maximum absolute atomic E-state index is 10.5. The molecule has 12 heavy (non-hydrogen) atoms. The number of aromatic nitrogens is 2. The maximum Gasteiger partial charge on any atom is 0.320 e. The van der Waals surface area contributed by atoms with Gasteiger partial charge in [0.05, 0.1) is 0 Å². The van der Waals surface area contributed by atoms with Crippen LogP contribution in [0.5, 0.6) is 0 Å². The minimum absolute atomic E-state index is 0.269. The normalized spacial score (nSPS) is 18.2. The third kappa shape index (κ3) is 1.44. The first-order valence-electron chi connectivity index (χ1n) is 3.86. The van der Waals surface area contributed by atoms with Crippen LogP contribution in [0.25, 0.3) is 0 Å². The van der Waals surface area contributed by atoms with Gasteiger partial charge in [0.1, 0.15) is 0 Å². The topological polar surface area (TPSA) is 65.3 Å². The van der Waals surface area contributed by atoms with Crippen molar-refractivity contribution in [2.75, 3.05) is 0 Å². The lowest BCUT2D eigenvalue weighted by molar-refractivity contribution is -0.765. The van der Waals surface area contributed by atoms with E-state index in [9.17, 15) is 5.11 Å². The van der Waals surface area contributed by atoms with Crippen molar-refractivity contribution < 1.29 is 14.3 Å². The second-order valence-electron chi connectivity index (χ2n) is 2.88. The highest BCUT2D eigenvalue weighted by atomic mass is 16.5. The van der Waals surface area contributed by atoms with E-state index in [0.29, 0.717) is 6.04 Å². The predicted octanol–water partition coefficient (Wildman–Crippen LogP) is -0.293. The van der Waals surface area contributed by atoms with Crippen LogP contribution in [0.3, 0.4) is 0 Å². The molecule has 1 aliphatic rings. The van der Waals surface area contributed by atoms with E-state index in [0.717, 1.165) is 12.8 Å². The first-order valence-corrected chi connectivity index (χ1v) is 3.86. The fraction of sp³-hybridized carbons (Fsp3) is 0.571. The van der Waals surface area contributed by atoms with Crippen molar-refractivity contribution in [1.82, 2.24) is 5.27 Å². The molecule has 1 aromatic rings. The van der Waals surface area contributed by atoms with Crippen molar-refractivity contribution in [2.45, 2.75) is 25.8 Å². The average molecular weight is 167 g/mol. The molecule has 2 rings (SSSR count). The molecule has 1 aliphatic carbocycles. The number of hydrogen-bond donors (Lipinski definition) is 0. The van der Waals surface area contributed by atoms with E-state index >= 15 is 0 Å². The highest BCUT2D eigenvalue weighted by Crippen LogP contribution is 2.28. The SMILES string of the molecule is C/C([O-])=N/c1c[n+](C2CC2)no1. The summed E-state index contributed by atoms with van der Waals surface area (Å²) < 4.78 is 6.51. The Morgan fingerprint density at radius 2 is 2.58 bits per heavy atom. The van der Waals surface area contributed by atoms with Crippen LogP contribution in [-0.2, 0) is 0 Å². The Balaban J connectivity index is 2.18. The molecule has 1 aromatic heterocycles. The van der Waals surface area contributed by atoms with E-state index in [-0.39, 0.29) is 11.8 Å². The third-order valence-corrected chi connectivity index (χ3v) is 1.66. The van der Waals surface area contributed by atoms with Crippen LogP contribution in [-0.4, -0.2) is 11.2 Å². The monoisotopic (exact) mass is 167 g/mol. The van der Waals surface area contributed by atoms with Gasteiger partial charge >= 0.3 is 5.88 Å². The smallest absolute Gasteiger partial charge is 0.320 e. The van der Waals surface area contributed by atoms with Crippen LogP contribution in [0.4, 0.5) is 5.88 Å². The van der Waals surface area contributed by atoms with Gasteiger partial charge in [-0.3, -0.25) is 4.52 Å². The molecule has 1 fully saturated rings. The molecular formula is C7H9N3O2. The number of rotatable bonds is 2. The highest BCUT2D eigenvalue weighted by molar-refractivity contribution is 5.70. The zero-order valence-corrected chi connectivity index (χ0v) is 6.73. The summed E-state index contributed by atoms with van der Waals surface area (Å²) in [6.07, 6.45) is 3.92. The zero-order chi connectivity index (χ0) is 8.55. The Bertz CT molecular complexity index is 310. The van der Waals surface area contributed by atoms with Gasteiger partial charge in [-0.2, -0.15) is 0 Å². The van der Waals surface area contributed by atoms with Gasteiger partial charge in [0.2, 0.25) is 5.27 Å². The summed E-state index contributed by atoms with van der Waals surface area (Å²) in [6, 6.07) is 0.463. The van der Waals surface area contributed by atoms with Crippen molar-refractivity contribution >= 4 is 11.8 Å². The molecule has 0 aliphatic heterocycles.